The lowest BCUT2D eigenvalue weighted by Crippen LogP contribution is -2.29. The Balaban J connectivity index is 1.47. The van der Waals surface area contributed by atoms with Crippen LogP contribution in [-0.2, 0) is 4.79 Å². The normalized spacial score (nSPS) is 18.3. The van der Waals surface area contributed by atoms with E-state index in [9.17, 15) is 4.79 Å². The highest BCUT2D eigenvalue weighted by molar-refractivity contribution is 6.03. The van der Waals surface area contributed by atoms with Crippen molar-refractivity contribution in [2.75, 3.05) is 23.3 Å². The number of rotatable bonds is 4. The van der Waals surface area contributed by atoms with Gasteiger partial charge in [-0.25, -0.2) is 0 Å². The van der Waals surface area contributed by atoms with Crippen molar-refractivity contribution in [1.29, 1.82) is 0 Å². The van der Waals surface area contributed by atoms with Crippen molar-refractivity contribution in [2.45, 2.75) is 12.8 Å². The van der Waals surface area contributed by atoms with E-state index in [1.165, 1.54) is 16.8 Å². The minimum absolute atomic E-state index is 0.0641. The number of para-hydroxylation sites is 1. The second-order valence-corrected chi connectivity index (χ2v) is 8.21. The molecule has 154 valence electrons. The Labute approximate surface area is 182 Å². The summed E-state index contributed by atoms with van der Waals surface area (Å²) in [4.78, 5) is 20.1. The molecular formula is C27H25N3O. The fourth-order valence-corrected chi connectivity index (χ4v) is 4.68. The molecule has 0 unspecified atom stereocenters. The van der Waals surface area contributed by atoms with Crippen molar-refractivity contribution < 1.29 is 4.79 Å². The van der Waals surface area contributed by atoms with Gasteiger partial charge in [-0.3, -0.25) is 9.78 Å². The first-order valence-electron chi connectivity index (χ1n) is 10.7. The number of fused-ring (bicyclic) bond motifs is 1. The van der Waals surface area contributed by atoms with Crippen molar-refractivity contribution in [3.63, 3.8) is 0 Å². The van der Waals surface area contributed by atoms with Crippen LogP contribution in [0.3, 0.4) is 0 Å². The average Bonchev–Trinajstić information content (AvgIpc) is 3.26. The van der Waals surface area contributed by atoms with E-state index in [-0.39, 0.29) is 17.7 Å². The molecule has 0 saturated carbocycles. The number of anilines is 2. The Morgan fingerprint density at radius 2 is 1.74 bits per heavy atom. The molecule has 2 heterocycles. The predicted octanol–water partition coefficient (Wildman–Crippen LogP) is 5.40. The number of pyridine rings is 1. The van der Waals surface area contributed by atoms with Crippen LogP contribution < -0.4 is 10.2 Å². The Kier molecular flexibility index (Phi) is 5.13. The fraction of sp³-hybridized carbons (Fsp3) is 0.185. The van der Waals surface area contributed by atoms with Crippen molar-refractivity contribution >= 4 is 28.1 Å². The lowest BCUT2D eigenvalue weighted by atomic mass is 9.88. The predicted molar refractivity (Wildman–Crippen MR) is 126 cm³/mol. The Bertz CT molecular complexity index is 1220. The second kappa shape index (κ2) is 8.23. The van der Waals surface area contributed by atoms with Crippen molar-refractivity contribution in [3.8, 4) is 0 Å². The zero-order chi connectivity index (χ0) is 21.2. The molecule has 1 aliphatic heterocycles. The summed E-state index contributed by atoms with van der Waals surface area (Å²) in [5.74, 6) is 0.0609. The average molecular weight is 408 g/mol. The summed E-state index contributed by atoms with van der Waals surface area (Å²) in [7, 11) is 0. The molecule has 1 fully saturated rings. The van der Waals surface area contributed by atoms with Crippen LogP contribution in [0.1, 0.15) is 17.0 Å². The molecule has 1 N–H and O–H groups in total. The summed E-state index contributed by atoms with van der Waals surface area (Å²) in [5.41, 5.74) is 4.48. The molecule has 2 atom stereocenters. The van der Waals surface area contributed by atoms with E-state index < -0.39 is 0 Å². The maximum absolute atomic E-state index is 13.6. The largest absolute Gasteiger partial charge is 0.370 e. The van der Waals surface area contributed by atoms with Crippen molar-refractivity contribution in [1.82, 2.24) is 4.98 Å². The monoisotopic (exact) mass is 407 g/mol. The molecule has 0 aliphatic carbocycles. The maximum Gasteiger partial charge on any atom is 0.229 e. The number of hydrogen-bond acceptors (Lipinski definition) is 3. The molecule has 4 heteroatoms. The van der Waals surface area contributed by atoms with Crippen LogP contribution >= 0.6 is 0 Å². The molecule has 1 saturated heterocycles. The third-order valence-electron chi connectivity index (χ3n) is 6.28. The minimum Gasteiger partial charge on any atom is -0.370 e. The molecule has 1 aliphatic rings. The van der Waals surface area contributed by atoms with Gasteiger partial charge in [-0.15, -0.1) is 0 Å². The first kappa shape index (κ1) is 19.3. The number of aromatic nitrogens is 1. The van der Waals surface area contributed by atoms with Crippen LogP contribution in [0.15, 0.2) is 91.3 Å². The first-order valence-corrected chi connectivity index (χ1v) is 10.7. The molecule has 3 aromatic carbocycles. The smallest absolute Gasteiger partial charge is 0.229 e. The van der Waals surface area contributed by atoms with Crippen LogP contribution in [0.4, 0.5) is 11.4 Å². The summed E-state index contributed by atoms with van der Waals surface area (Å²) in [5, 5.41) is 5.25. The van der Waals surface area contributed by atoms with Gasteiger partial charge in [-0.1, -0.05) is 60.7 Å². The van der Waals surface area contributed by atoms with Gasteiger partial charge in [0, 0.05) is 53.5 Å². The highest BCUT2D eigenvalue weighted by Crippen LogP contribution is 2.37. The van der Waals surface area contributed by atoms with Gasteiger partial charge in [-0.05, 0) is 36.2 Å². The van der Waals surface area contributed by atoms with E-state index in [2.05, 4.69) is 70.7 Å². The molecule has 0 radical (unpaired) electrons. The van der Waals surface area contributed by atoms with E-state index in [1.807, 2.05) is 36.5 Å². The fourth-order valence-electron chi connectivity index (χ4n) is 4.68. The van der Waals surface area contributed by atoms with Gasteiger partial charge in [0.2, 0.25) is 5.91 Å². The van der Waals surface area contributed by atoms with E-state index in [4.69, 9.17) is 0 Å². The van der Waals surface area contributed by atoms with Gasteiger partial charge in [0.25, 0.3) is 0 Å². The molecular weight excluding hydrogens is 382 g/mol. The number of hydrogen-bond donors (Lipinski definition) is 1. The molecule has 5 rings (SSSR count). The Morgan fingerprint density at radius 3 is 2.58 bits per heavy atom. The van der Waals surface area contributed by atoms with E-state index in [0.29, 0.717) is 6.54 Å². The van der Waals surface area contributed by atoms with Crippen LogP contribution in [0.2, 0.25) is 0 Å². The van der Waals surface area contributed by atoms with Crippen LogP contribution in [-0.4, -0.2) is 24.0 Å². The first-order chi connectivity index (χ1) is 15.2. The van der Waals surface area contributed by atoms with E-state index in [0.717, 1.165) is 23.0 Å². The number of amides is 1. The van der Waals surface area contributed by atoms with Crippen LogP contribution in [0, 0.1) is 12.8 Å². The lowest BCUT2D eigenvalue weighted by molar-refractivity contribution is -0.119. The number of nitrogens with one attached hydrogen (secondary N) is 1. The van der Waals surface area contributed by atoms with Crippen LogP contribution in [0.25, 0.3) is 10.8 Å². The van der Waals surface area contributed by atoms with Crippen LogP contribution in [0.5, 0.6) is 0 Å². The summed E-state index contributed by atoms with van der Waals surface area (Å²) in [6.45, 7) is 3.65. The van der Waals surface area contributed by atoms with E-state index in [1.54, 1.807) is 6.20 Å². The van der Waals surface area contributed by atoms with Gasteiger partial charge in [0.1, 0.15) is 0 Å². The third kappa shape index (κ3) is 3.77. The number of benzene rings is 3. The zero-order valence-corrected chi connectivity index (χ0v) is 17.5. The quantitative estimate of drug-likeness (QED) is 0.492. The molecule has 4 nitrogen and oxygen atoms in total. The highest BCUT2D eigenvalue weighted by Gasteiger charge is 2.39. The lowest BCUT2D eigenvalue weighted by Gasteiger charge is -2.20. The van der Waals surface area contributed by atoms with Gasteiger partial charge >= 0.3 is 0 Å². The van der Waals surface area contributed by atoms with Gasteiger partial charge in [-0.2, -0.15) is 0 Å². The molecule has 1 aromatic heterocycles. The van der Waals surface area contributed by atoms with Crippen molar-refractivity contribution in [3.05, 3.63) is 102 Å². The molecule has 1 amide bonds. The number of carbonyl (C=O) groups is 1. The SMILES string of the molecule is Cc1ccccc1N1C[C@H](C(=O)Nc2cccc3cnccc23)[C@@H](c2ccccc2)C1. The van der Waals surface area contributed by atoms with E-state index >= 15 is 0 Å². The standard InChI is InChI=1S/C27H25N3O/c1-19-8-5-6-13-26(19)30-17-23(20-9-3-2-4-10-20)24(18-30)27(31)29-25-12-7-11-21-16-28-15-14-22(21)25/h2-16,23-24H,17-18H2,1H3,(H,29,31)/t23-,24+/m1/s1. The zero-order valence-electron chi connectivity index (χ0n) is 17.5. The number of aryl methyl sites for hydroxylation is 1. The summed E-state index contributed by atoms with van der Waals surface area (Å²) in [6, 6.07) is 26.7. The minimum atomic E-state index is -0.140. The Hall–Kier alpha value is -3.66. The second-order valence-electron chi connectivity index (χ2n) is 8.21. The molecule has 31 heavy (non-hydrogen) atoms. The molecule has 0 bridgehead atoms. The number of carbonyl (C=O) groups excluding carboxylic acids is 1. The van der Waals surface area contributed by atoms with Gasteiger partial charge in [0.05, 0.1) is 5.92 Å². The summed E-state index contributed by atoms with van der Waals surface area (Å²) < 4.78 is 0. The summed E-state index contributed by atoms with van der Waals surface area (Å²) >= 11 is 0. The summed E-state index contributed by atoms with van der Waals surface area (Å²) in [6.07, 6.45) is 3.59. The molecule has 4 aromatic rings. The highest BCUT2D eigenvalue weighted by atomic mass is 16.2. The molecule has 0 spiro atoms. The third-order valence-corrected chi connectivity index (χ3v) is 6.28. The van der Waals surface area contributed by atoms with Gasteiger partial charge < -0.3 is 10.2 Å². The van der Waals surface area contributed by atoms with Crippen molar-refractivity contribution in [2.24, 2.45) is 5.92 Å². The maximum atomic E-state index is 13.6. The number of nitrogens with zero attached hydrogens (tertiary/aromatic N) is 2. The van der Waals surface area contributed by atoms with Gasteiger partial charge in [0.15, 0.2) is 0 Å². The Morgan fingerprint density at radius 1 is 0.935 bits per heavy atom. The topological polar surface area (TPSA) is 45.2 Å².